The van der Waals surface area contributed by atoms with Crippen molar-refractivity contribution in [1.29, 1.82) is 0 Å². The third-order valence-electron chi connectivity index (χ3n) is 5.20. The van der Waals surface area contributed by atoms with E-state index in [0.29, 0.717) is 6.42 Å². The van der Waals surface area contributed by atoms with Crippen molar-refractivity contribution in [2.45, 2.75) is 92.5 Å². The summed E-state index contributed by atoms with van der Waals surface area (Å²) in [5.41, 5.74) is -2.09. The van der Waals surface area contributed by atoms with Crippen molar-refractivity contribution >= 4 is 23.8 Å². The smallest absolute Gasteiger partial charge is 0.407 e. The number of nitrogens with one attached hydrogen (secondary N) is 2. The Morgan fingerprint density at radius 2 is 1.29 bits per heavy atom. The molecule has 1 unspecified atom stereocenters. The summed E-state index contributed by atoms with van der Waals surface area (Å²) in [5.74, 6) is -0.448. The number of amides is 2. The maximum Gasteiger partial charge on any atom is 0.407 e. The predicted molar refractivity (Wildman–Crippen MR) is 128 cm³/mol. The van der Waals surface area contributed by atoms with Crippen molar-refractivity contribution in [3.63, 3.8) is 0 Å². The molecule has 0 radical (unpaired) electrons. The molecule has 198 valence electrons. The molecule has 10 nitrogen and oxygen atoms in total. The number of rotatable bonds is 12. The largest absolute Gasteiger partial charge is 0.453 e. The summed E-state index contributed by atoms with van der Waals surface area (Å²) in [5, 5.41) is 5.08. The van der Waals surface area contributed by atoms with Gasteiger partial charge in [0.2, 0.25) is 0 Å². The van der Waals surface area contributed by atoms with Crippen LogP contribution in [0.25, 0.3) is 0 Å². The molecule has 0 rings (SSSR count). The van der Waals surface area contributed by atoms with Crippen LogP contribution < -0.4 is 10.6 Å². The SMILES string of the molecule is COC(=O)N[C@@H](COC(C)(C)C)C(=O)C(C)(C)CCOC(C)[C@H](NC(=O)OC)C(=O)C(C)(C)C. The van der Waals surface area contributed by atoms with Crippen LogP contribution in [0, 0.1) is 10.8 Å². The van der Waals surface area contributed by atoms with Crippen LogP contribution in [0.15, 0.2) is 0 Å². The standard InChI is InChI=1S/C24H44N2O8/c1-15(17(26-21(30)32-11)19(28)22(2,3)4)33-13-12-24(8,9)18(27)16(25-20(29)31-10)14-34-23(5,6)7/h15-17H,12-14H2,1-11H3,(H,25,29)(H,26,30)/t15?,16-,17-/m0/s1. The molecule has 0 saturated heterocycles. The highest BCUT2D eigenvalue weighted by molar-refractivity contribution is 5.92. The molecule has 0 fully saturated rings. The third-order valence-corrected chi connectivity index (χ3v) is 5.20. The Bertz CT molecular complexity index is 707. The van der Waals surface area contributed by atoms with Crippen LogP contribution in [0.2, 0.25) is 0 Å². The Labute approximate surface area is 203 Å². The molecule has 2 amide bonds. The van der Waals surface area contributed by atoms with Gasteiger partial charge in [-0.15, -0.1) is 0 Å². The topological polar surface area (TPSA) is 129 Å². The van der Waals surface area contributed by atoms with Gasteiger partial charge >= 0.3 is 12.2 Å². The maximum atomic E-state index is 13.2. The van der Waals surface area contributed by atoms with Crippen molar-refractivity contribution < 1.29 is 38.1 Å². The summed E-state index contributed by atoms with van der Waals surface area (Å²) >= 11 is 0. The van der Waals surface area contributed by atoms with Gasteiger partial charge in [-0.2, -0.15) is 0 Å². The third kappa shape index (κ3) is 11.3. The van der Waals surface area contributed by atoms with E-state index in [4.69, 9.17) is 9.47 Å². The lowest BCUT2D eigenvalue weighted by Gasteiger charge is -2.32. The first-order valence-corrected chi connectivity index (χ1v) is 11.4. The fourth-order valence-electron chi connectivity index (χ4n) is 2.96. The molecule has 0 aromatic carbocycles. The van der Waals surface area contributed by atoms with Crippen LogP contribution in [0.1, 0.15) is 68.7 Å². The van der Waals surface area contributed by atoms with E-state index in [9.17, 15) is 19.2 Å². The number of hydrogen-bond acceptors (Lipinski definition) is 8. The summed E-state index contributed by atoms with van der Waals surface area (Å²) < 4.78 is 20.9. The molecule has 0 aliphatic carbocycles. The van der Waals surface area contributed by atoms with Gasteiger partial charge in [0.15, 0.2) is 11.6 Å². The van der Waals surface area contributed by atoms with E-state index in [2.05, 4.69) is 20.1 Å². The zero-order valence-electron chi connectivity index (χ0n) is 22.6. The van der Waals surface area contributed by atoms with Gasteiger partial charge in [-0.1, -0.05) is 34.6 Å². The van der Waals surface area contributed by atoms with Crippen LogP contribution in [-0.4, -0.2) is 75.0 Å². The van der Waals surface area contributed by atoms with Crippen molar-refractivity contribution in [2.75, 3.05) is 27.4 Å². The van der Waals surface area contributed by atoms with Crippen LogP contribution in [0.4, 0.5) is 9.59 Å². The summed E-state index contributed by atoms with van der Waals surface area (Å²) in [7, 11) is 2.44. The molecule has 0 aromatic rings. The Hall–Kier alpha value is -2.20. The predicted octanol–water partition coefficient (Wildman–Crippen LogP) is 3.26. The van der Waals surface area contributed by atoms with E-state index in [1.54, 1.807) is 41.5 Å². The number of ether oxygens (including phenoxy) is 4. The number of hydrogen-bond donors (Lipinski definition) is 2. The Morgan fingerprint density at radius 1 is 0.794 bits per heavy atom. The van der Waals surface area contributed by atoms with Gasteiger partial charge in [-0.3, -0.25) is 9.59 Å². The van der Waals surface area contributed by atoms with Crippen LogP contribution >= 0.6 is 0 Å². The van der Waals surface area contributed by atoms with Crippen LogP contribution in [0.3, 0.4) is 0 Å². The fraction of sp³-hybridized carbons (Fsp3) is 0.833. The summed E-state index contributed by atoms with van der Waals surface area (Å²) in [4.78, 5) is 49.6. The van der Waals surface area contributed by atoms with E-state index in [0.717, 1.165) is 0 Å². The maximum absolute atomic E-state index is 13.2. The Kier molecular flexibility index (Phi) is 12.2. The highest BCUT2D eigenvalue weighted by atomic mass is 16.5. The van der Waals surface area contributed by atoms with Gasteiger partial charge in [0.1, 0.15) is 12.1 Å². The second-order valence-corrected chi connectivity index (χ2v) is 10.9. The average Bonchev–Trinajstić information content (AvgIpc) is 2.71. The first kappa shape index (κ1) is 31.8. The van der Waals surface area contributed by atoms with Crippen molar-refractivity contribution in [3.05, 3.63) is 0 Å². The lowest BCUT2D eigenvalue weighted by Crippen LogP contribution is -2.52. The minimum Gasteiger partial charge on any atom is -0.453 e. The van der Waals surface area contributed by atoms with Gasteiger partial charge < -0.3 is 29.6 Å². The zero-order valence-corrected chi connectivity index (χ0v) is 22.6. The molecule has 0 aromatic heterocycles. The van der Waals surface area contributed by atoms with Crippen molar-refractivity contribution in [1.82, 2.24) is 10.6 Å². The fourth-order valence-corrected chi connectivity index (χ4v) is 2.96. The van der Waals surface area contributed by atoms with Crippen LogP contribution in [0.5, 0.6) is 0 Å². The molecule has 3 atom stereocenters. The second-order valence-electron chi connectivity index (χ2n) is 10.9. The number of Topliss-reactive ketones (excluding diaryl/α,β-unsaturated/α-hetero) is 2. The zero-order chi connectivity index (χ0) is 26.9. The van der Waals surface area contributed by atoms with E-state index >= 15 is 0 Å². The number of carbonyl (C=O) groups is 4. The minimum atomic E-state index is -0.916. The normalized spacial score (nSPS) is 15.0. The summed E-state index contributed by atoms with van der Waals surface area (Å²) in [6, 6.07) is -1.82. The molecule has 0 spiro atoms. The van der Waals surface area contributed by atoms with Gasteiger partial charge in [0.05, 0.1) is 32.5 Å². The molecule has 0 bridgehead atoms. The summed E-state index contributed by atoms with van der Waals surface area (Å²) in [6.45, 7) is 16.1. The molecular weight excluding hydrogens is 444 g/mol. The first-order chi connectivity index (χ1) is 15.4. The minimum absolute atomic E-state index is 0.0106. The highest BCUT2D eigenvalue weighted by Crippen LogP contribution is 2.26. The average molecular weight is 489 g/mol. The van der Waals surface area contributed by atoms with Gasteiger partial charge in [-0.05, 0) is 34.1 Å². The Balaban J connectivity index is 5.31. The van der Waals surface area contributed by atoms with Gasteiger partial charge in [0, 0.05) is 17.4 Å². The second kappa shape index (κ2) is 13.0. The molecule has 0 heterocycles. The quantitative estimate of drug-likeness (QED) is 0.428. The van der Waals surface area contributed by atoms with Crippen molar-refractivity contribution in [3.8, 4) is 0 Å². The number of ketones is 2. The number of methoxy groups -OCH3 is 2. The van der Waals surface area contributed by atoms with E-state index in [1.165, 1.54) is 14.2 Å². The molecule has 0 aliphatic heterocycles. The molecule has 0 saturated carbocycles. The first-order valence-electron chi connectivity index (χ1n) is 11.4. The van der Waals surface area contributed by atoms with E-state index in [1.807, 2.05) is 20.8 Å². The number of carbonyl (C=O) groups excluding carboxylic acids is 4. The lowest BCUT2D eigenvalue weighted by atomic mass is 9.81. The van der Waals surface area contributed by atoms with E-state index in [-0.39, 0.29) is 24.8 Å². The summed E-state index contributed by atoms with van der Waals surface area (Å²) in [6.07, 6.45) is -1.82. The Morgan fingerprint density at radius 3 is 1.74 bits per heavy atom. The highest BCUT2D eigenvalue weighted by Gasteiger charge is 2.38. The number of alkyl carbamates (subject to hydrolysis) is 2. The monoisotopic (exact) mass is 488 g/mol. The molecule has 34 heavy (non-hydrogen) atoms. The van der Waals surface area contributed by atoms with E-state index < -0.39 is 46.8 Å². The van der Waals surface area contributed by atoms with Crippen LogP contribution in [-0.2, 0) is 28.5 Å². The molecule has 10 heteroatoms. The lowest BCUT2D eigenvalue weighted by molar-refractivity contribution is -0.135. The van der Waals surface area contributed by atoms with Crippen molar-refractivity contribution in [2.24, 2.45) is 10.8 Å². The van der Waals surface area contributed by atoms with Gasteiger partial charge in [-0.25, -0.2) is 9.59 Å². The molecule has 0 aliphatic rings. The molecular formula is C24H44N2O8. The van der Waals surface area contributed by atoms with Gasteiger partial charge in [0.25, 0.3) is 0 Å². The molecule has 2 N–H and O–H groups in total.